The van der Waals surface area contributed by atoms with Crippen molar-refractivity contribution in [3.63, 3.8) is 0 Å². The molecule has 0 spiro atoms. The molecule has 2 aromatic rings. The van der Waals surface area contributed by atoms with Gasteiger partial charge in [0.25, 0.3) is 5.91 Å². The Balaban J connectivity index is 1.82. The molecule has 3 nitrogen and oxygen atoms in total. The third-order valence-corrected chi connectivity index (χ3v) is 3.52. The minimum absolute atomic E-state index is 0.177. The van der Waals surface area contributed by atoms with Crippen LogP contribution in [0.3, 0.4) is 0 Å². The van der Waals surface area contributed by atoms with Crippen LogP contribution in [0.25, 0.3) is 0 Å². The lowest BCUT2D eigenvalue weighted by molar-refractivity contribution is 0.101. The Bertz CT molecular complexity index is 617. The van der Waals surface area contributed by atoms with Gasteiger partial charge in [-0.1, -0.05) is 0 Å². The first kappa shape index (κ1) is 12.4. The largest absolute Gasteiger partial charge is 0.339 e. The average Bonchev–Trinajstić information content (AvgIpc) is 3.15. The molecule has 0 aliphatic heterocycles. The summed E-state index contributed by atoms with van der Waals surface area (Å²) in [6.45, 7) is 0. The van der Waals surface area contributed by atoms with Gasteiger partial charge in [0, 0.05) is 22.4 Å². The molecule has 1 aromatic heterocycles. The number of nitrogens with zero attached hydrogens (tertiary/aromatic N) is 1. The van der Waals surface area contributed by atoms with E-state index in [1.165, 1.54) is 12.1 Å². The average molecular weight is 323 g/mol. The summed E-state index contributed by atoms with van der Waals surface area (Å²) in [4.78, 5) is 12.2. The monoisotopic (exact) mass is 322 g/mol. The standard InChI is InChI=1S/C14H12BrFN2O/c15-9-7-13(18(8-9)12-5-6-12)14(19)17-11-3-1-10(16)2-4-11/h1-4,7-8,12H,5-6H2,(H,17,19). The lowest BCUT2D eigenvalue weighted by Crippen LogP contribution is -2.16. The molecule has 0 unspecified atom stereocenters. The van der Waals surface area contributed by atoms with E-state index < -0.39 is 0 Å². The fraction of sp³-hybridized carbons (Fsp3) is 0.214. The first-order valence-electron chi connectivity index (χ1n) is 6.08. The van der Waals surface area contributed by atoms with Gasteiger partial charge in [0.15, 0.2) is 0 Å². The summed E-state index contributed by atoms with van der Waals surface area (Å²) >= 11 is 3.39. The molecule has 1 aliphatic carbocycles. The van der Waals surface area contributed by atoms with Crippen molar-refractivity contribution < 1.29 is 9.18 Å². The summed E-state index contributed by atoms with van der Waals surface area (Å²) in [6.07, 6.45) is 4.15. The van der Waals surface area contributed by atoms with E-state index in [1.807, 2.05) is 10.8 Å². The molecule has 0 radical (unpaired) electrons. The fourth-order valence-corrected chi connectivity index (χ4v) is 2.45. The highest BCUT2D eigenvalue weighted by molar-refractivity contribution is 9.10. The van der Waals surface area contributed by atoms with Gasteiger partial charge in [-0.05, 0) is 59.1 Å². The van der Waals surface area contributed by atoms with Gasteiger partial charge in [-0.15, -0.1) is 0 Å². The molecule has 0 saturated heterocycles. The summed E-state index contributed by atoms with van der Waals surface area (Å²) in [5, 5.41) is 2.77. The quantitative estimate of drug-likeness (QED) is 0.911. The molecule has 1 heterocycles. The maximum absolute atomic E-state index is 12.8. The van der Waals surface area contributed by atoms with Crippen molar-refractivity contribution in [3.8, 4) is 0 Å². The highest BCUT2D eigenvalue weighted by Crippen LogP contribution is 2.37. The van der Waals surface area contributed by atoms with Crippen molar-refractivity contribution in [2.45, 2.75) is 18.9 Å². The Kier molecular flexibility index (Phi) is 3.14. The van der Waals surface area contributed by atoms with Crippen LogP contribution in [0.4, 0.5) is 10.1 Å². The molecule has 0 atom stereocenters. The topological polar surface area (TPSA) is 34.0 Å². The molecule has 1 aromatic carbocycles. The number of anilines is 1. The smallest absolute Gasteiger partial charge is 0.272 e. The van der Waals surface area contributed by atoms with Crippen molar-refractivity contribution in [1.82, 2.24) is 4.57 Å². The highest BCUT2D eigenvalue weighted by Gasteiger charge is 2.27. The van der Waals surface area contributed by atoms with Crippen molar-refractivity contribution in [3.05, 3.63) is 52.5 Å². The number of hydrogen-bond acceptors (Lipinski definition) is 1. The number of benzene rings is 1. The number of carbonyl (C=O) groups excluding carboxylic acids is 1. The van der Waals surface area contributed by atoms with Crippen LogP contribution < -0.4 is 5.32 Å². The van der Waals surface area contributed by atoms with Crippen molar-refractivity contribution in [1.29, 1.82) is 0 Å². The molecule has 1 amide bonds. The minimum Gasteiger partial charge on any atom is -0.339 e. The molecular weight excluding hydrogens is 311 g/mol. The van der Waals surface area contributed by atoms with E-state index in [2.05, 4.69) is 21.2 Å². The number of rotatable bonds is 3. The van der Waals surface area contributed by atoms with Crippen LogP contribution in [0, 0.1) is 5.82 Å². The Morgan fingerprint density at radius 3 is 2.63 bits per heavy atom. The van der Waals surface area contributed by atoms with Gasteiger partial charge in [0.1, 0.15) is 11.5 Å². The second-order valence-corrected chi connectivity index (χ2v) is 5.56. The Morgan fingerprint density at radius 2 is 2.00 bits per heavy atom. The van der Waals surface area contributed by atoms with Crippen molar-refractivity contribution >= 4 is 27.5 Å². The van der Waals surface area contributed by atoms with Gasteiger partial charge in [-0.2, -0.15) is 0 Å². The molecule has 0 bridgehead atoms. The van der Waals surface area contributed by atoms with Crippen LogP contribution in [-0.4, -0.2) is 10.5 Å². The third-order valence-electron chi connectivity index (χ3n) is 3.09. The van der Waals surface area contributed by atoms with Crippen molar-refractivity contribution in [2.24, 2.45) is 0 Å². The van der Waals surface area contributed by atoms with Crippen LogP contribution in [0.1, 0.15) is 29.4 Å². The van der Waals surface area contributed by atoms with Gasteiger partial charge < -0.3 is 9.88 Å². The predicted molar refractivity (Wildman–Crippen MR) is 74.8 cm³/mol. The van der Waals surface area contributed by atoms with Gasteiger partial charge in [0.05, 0.1) is 0 Å². The molecular formula is C14H12BrFN2O. The summed E-state index contributed by atoms with van der Waals surface area (Å²) in [7, 11) is 0. The molecule has 98 valence electrons. The first-order valence-corrected chi connectivity index (χ1v) is 6.87. The normalized spacial score (nSPS) is 14.4. The Hall–Kier alpha value is -1.62. The zero-order valence-electron chi connectivity index (χ0n) is 10.1. The molecule has 1 aliphatic rings. The summed E-state index contributed by atoms with van der Waals surface area (Å²) in [5.74, 6) is -0.494. The van der Waals surface area contributed by atoms with E-state index in [0.717, 1.165) is 17.3 Å². The number of aromatic nitrogens is 1. The molecule has 1 saturated carbocycles. The molecule has 1 fully saturated rings. The second kappa shape index (κ2) is 4.81. The fourth-order valence-electron chi connectivity index (χ4n) is 2.01. The lowest BCUT2D eigenvalue weighted by Gasteiger charge is -2.08. The van der Waals surface area contributed by atoms with Gasteiger partial charge in [0.2, 0.25) is 0 Å². The molecule has 19 heavy (non-hydrogen) atoms. The van der Waals surface area contributed by atoms with Gasteiger partial charge >= 0.3 is 0 Å². The zero-order chi connectivity index (χ0) is 13.4. The van der Waals surface area contributed by atoms with Gasteiger partial charge in [-0.3, -0.25) is 4.79 Å². The van der Waals surface area contributed by atoms with Crippen LogP contribution in [-0.2, 0) is 0 Å². The number of halogens is 2. The SMILES string of the molecule is O=C(Nc1ccc(F)cc1)c1cc(Br)cn1C1CC1. The minimum atomic E-state index is -0.318. The third kappa shape index (κ3) is 2.71. The second-order valence-electron chi connectivity index (χ2n) is 4.64. The van der Waals surface area contributed by atoms with Crippen LogP contribution in [0.2, 0.25) is 0 Å². The maximum Gasteiger partial charge on any atom is 0.272 e. The molecule has 5 heteroatoms. The summed E-state index contributed by atoms with van der Waals surface area (Å²) in [5.41, 5.74) is 1.21. The van der Waals surface area contributed by atoms with E-state index in [0.29, 0.717) is 17.4 Å². The van der Waals surface area contributed by atoms with E-state index in [4.69, 9.17) is 0 Å². The zero-order valence-corrected chi connectivity index (χ0v) is 11.7. The highest BCUT2D eigenvalue weighted by atomic mass is 79.9. The van der Waals surface area contributed by atoms with E-state index in [1.54, 1.807) is 18.2 Å². The molecule has 1 N–H and O–H groups in total. The maximum atomic E-state index is 12.8. The van der Waals surface area contributed by atoms with Crippen LogP contribution >= 0.6 is 15.9 Å². The van der Waals surface area contributed by atoms with Crippen molar-refractivity contribution in [2.75, 3.05) is 5.32 Å². The summed E-state index contributed by atoms with van der Waals surface area (Å²) < 4.78 is 15.7. The summed E-state index contributed by atoms with van der Waals surface area (Å²) in [6, 6.07) is 7.98. The lowest BCUT2D eigenvalue weighted by atomic mass is 10.3. The number of hydrogen-bond donors (Lipinski definition) is 1. The predicted octanol–water partition coefficient (Wildman–Crippen LogP) is 3.98. The van der Waals surface area contributed by atoms with Crippen LogP contribution in [0.15, 0.2) is 41.0 Å². The van der Waals surface area contributed by atoms with Crippen LogP contribution in [0.5, 0.6) is 0 Å². The number of nitrogens with one attached hydrogen (secondary N) is 1. The molecule has 3 rings (SSSR count). The Labute approximate surface area is 118 Å². The van der Waals surface area contributed by atoms with E-state index >= 15 is 0 Å². The Morgan fingerprint density at radius 1 is 1.32 bits per heavy atom. The first-order chi connectivity index (χ1) is 9.13. The van der Waals surface area contributed by atoms with Gasteiger partial charge in [-0.25, -0.2) is 4.39 Å². The van der Waals surface area contributed by atoms with E-state index in [9.17, 15) is 9.18 Å². The number of amides is 1. The number of carbonyl (C=O) groups is 1. The van der Waals surface area contributed by atoms with E-state index in [-0.39, 0.29) is 11.7 Å².